The zero-order chi connectivity index (χ0) is 12.4. The number of halogens is 1. The van der Waals surface area contributed by atoms with E-state index in [0.717, 1.165) is 10.4 Å². The van der Waals surface area contributed by atoms with Gasteiger partial charge in [0.05, 0.1) is 0 Å². The summed E-state index contributed by atoms with van der Waals surface area (Å²) in [6, 6.07) is 6.55. The second-order valence-corrected chi connectivity index (χ2v) is 6.03. The van der Waals surface area contributed by atoms with Crippen LogP contribution in [0.25, 0.3) is 0 Å². The first-order valence-electron chi connectivity index (χ1n) is 6.34. The monoisotopic (exact) mass is 296 g/mol. The molecule has 0 aliphatic heterocycles. The van der Waals surface area contributed by atoms with E-state index in [-0.39, 0.29) is 6.04 Å². The molecule has 0 saturated heterocycles. The fraction of sp³-hybridized carbons (Fsp3) is 0.571. The van der Waals surface area contributed by atoms with Gasteiger partial charge in [-0.25, -0.2) is 0 Å². The van der Waals surface area contributed by atoms with Gasteiger partial charge in [-0.1, -0.05) is 28.4 Å². The Morgan fingerprint density at radius 3 is 2.65 bits per heavy atom. The Bertz CT molecular complexity index is 386. The lowest BCUT2D eigenvalue weighted by Crippen LogP contribution is -2.29. The number of benzene rings is 1. The number of hydrogen-bond donors (Lipinski definition) is 1. The molecule has 2 N–H and O–H groups in total. The fourth-order valence-electron chi connectivity index (χ4n) is 2.29. The molecule has 2 nitrogen and oxygen atoms in total. The van der Waals surface area contributed by atoms with Crippen LogP contribution >= 0.6 is 15.9 Å². The van der Waals surface area contributed by atoms with Gasteiger partial charge in [0.1, 0.15) is 0 Å². The van der Waals surface area contributed by atoms with Crippen molar-refractivity contribution in [1.82, 2.24) is 0 Å². The van der Waals surface area contributed by atoms with Crippen molar-refractivity contribution in [2.45, 2.75) is 32.2 Å². The molecule has 1 fully saturated rings. The van der Waals surface area contributed by atoms with Crippen LogP contribution in [0.2, 0.25) is 0 Å². The first-order chi connectivity index (χ1) is 8.08. The predicted octanol–water partition coefficient (Wildman–Crippen LogP) is 3.71. The van der Waals surface area contributed by atoms with E-state index < -0.39 is 0 Å². The smallest absolute Gasteiger partial charge is 0.0375 e. The molecular weight excluding hydrogens is 276 g/mol. The van der Waals surface area contributed by atoms with E-state index in [4.69, 9.17) is 5.73 Å². The second-order valence-electron chi connectivity index (χ2n) is 5.17. The van der Waals surface area contributed by atoms with Crippen LogP contribution < -0.4 is 10.6 Å². The third-order valence-corrected chi connectivity index (χ3v) is 4.36. The first-order valence-corrected chi connectivity index (χ1v) is 7.13. The van der Waals surface area contributed by atoms with Gasteiger partial charge in [0.25, 0.3) is 0 Å². The van der Waals surface area contributed by atoms with E-state index in [1.165, 1.54) is 37.1 Å². The van der Waals surface area contributed by atoms with Crippen LogP contribution in [0.4, 0.5) is 5.69 Å². The number of hydrogen-bond acceptors (Lipinski definition) is 2. The van der Waals surface area contributed by atoms with Crippen LogP contribution in [-0.4, -0.2) is 13.6 Å². The molecule has 1 unspecified atom stereocenters. The van der Waals surface area contributed by atoms with Gasteiger partial charge in [0.15, 0.2) is 0 Å². The van der Waals surface area contributed by atoms with Gasteiger partial charge in [0.2, 0.25) is 0 Å². The molecule has 1 aliphatic carbocycles. The SMILES string of the molecule is CC(N)c1ccc(N(C)CC2CCC2)cc1Br. The summed E-state index contributed by atoms with van der Waals surface area (Å²) in [5.74, 6) is 0.895. The van der Waals surface area contributed by atoms with E-state index in [0.29, 0.717) is 0 Å². The average Bonchev–Trinajstić information content (AvgIpc) is 2.22. The Kier molecular flexibility index (Phi) is 4.10. The molecule has 1 aliphatic rings. The second kappa shape index (κ2) is 5.40. The van der Waals surface area contributed by atoms with E-state index in [1.54, 1.807) is 0 Å². The topological polar surface area (TPSA) is 29.3 Å². The third-order valence-electron chi connectivity index (χ3n) is 3.67. The Morgan fingerprint density at radius 1 is 1.47 bits per heavy atom. The van der Waals surface area contributed by atoms with Crippen molar-refractivity contribution in [2.75, 3.05) is 18.5 Å². The molecule has 0 aromatic heterocycles. The first kappa shape index (κ1) is 12.9. The van der Waals surface area contributed by atoms with Crippen LogP contribution in [0, 0.1) is 5.92 Å². The maximum absolute atomic E-state index is 5.91. The van der Waals surface area contributed by atoms with Crippen molar-refractivity contribution in [3.05, 3.63) is 28.2 Å². The maximum Gasteiger partial charge on any atom is 0.0375 e. The van der Waals surface area contributed by atoms with Gasteiger partial charge >= 0.3 is 0 Å². The molecule has 2 rings (SSSR count). The summed E-state index contributed by atoms with van der Waals surface area (Å²) >= 11 is 3.61. The molecule has 0 heterocycles. The zero-order valence-corrected chi connectivity index (χ0v) is 12.2. The van der Waals surface area contributed by atoms with Gasteiger partial charge in [0, 0.05) is 29.8 Å². The summed E-state index contributed by atoms with van der Waals surface area (Å²) in [5, 5.41) is 0. The maximum atomic E-state index is 5.91. The molecule has 1 atom stereocenters. The molecule has 0 amide bonds. The molecular formula is C14H21BrN2. The average molecular weight is 297 g/mol. The predicted molar refractivity (Wildman–Crippen MR) is 77.4 cm³/mol. The highest BCUT2D eigenvalue weighted by molar-refractivity contribution is 9.10. The third kappa shape index (κ3) is 3.02. The van der Waals surface area contributed by atoms with Crippen LogP contribution in [0.15, 0.2) is 22.7 Å². The van der Waals surface area contributed by atoms with E-state index in [9.17, 15) is 0 Å². The van der Waals surface area contributed by atoms with Crippen molar-refractivity contribution in [3.8, 4) is 0 Å². The standard InChI is InChI=1S/C14H21BrN2/c1-10(16)13-7-6-12(8-14(13)15)17(2)9-11-4-3-5-11/h6-8,10-11H,3-5,9,16H2,1-2H3. The number of anilines is 1. The minimum Gasteiger partial charge on any atom is -0.374 e. The summed E-state index contributed by atoms with van der Waals surface area (Å²) < 4.78 is 1.12. The van der Waals surface area contributed by atoms with Gasteiger partial charge in [-0.2, -0.15) is 0 Å². The highest BCUT2D eigenvalue weighted by Crippen LogP contribution is 2.30. The summed E-state index contributed by atoms with van der Waals surface area (Å²) in [5.41, 5.74) is 8.35. The van der Waals surface area contributed by atoms with E-state index >= 15 is 0 Å². The van der Waals surface area contributed by atoms with Crippen LogP contribution in [0.5, 0.6) is 0 Å². The van der Waals surface area contributed by atoms with Gasteiger partial charge in [-0.05, 0) is 43.4 Å². The van der Waals surface area contributed by atoms with E-state index in [2.05, 4.69) is 46.1 Å². The normalized spacial score (nSPS) is 17.6. The lowest BCUT2D eigenvalue weighted by molar-refractivity contribution is 0.321. The summed E-state index contributed by atoms with van der Waals surface area (Å²) in [4.78, 5) is 2.35. The molecule has 0 bridgehead atoms. The summed E-state index contributed by atoms with van der Waals surface area (Å²) in [6.45, 7) is 3.18. The largest absolute Gasteiger partial charge is 0.374 e. The Hall–Kier alpha value is -0.540. The molecule has 3 heteroatoms. The molecule has 17 heavy (non-hydrogen) atoms. The van der Waals surface area contributed by atoms with Crippen molar-refractivity contribution in [2.24, 2.45) is 11.7 Å². The van der Waals surface area contributed by atoms with Crippen molar-refractivity contribution >= 4 is 21.6 Å². The lowest BCUT2D eigenvalue weighted by atomic mass is 9.85. The zero-order valence-electron chi connectivity index (χ0n) is 10.6. The highest BCUT2D eigenvalue weighted by Gasteiger charge is 2.19. The quantitative estimate of drug-likeness (QED) is 0.918. The van der Waals surface area contributed by atoms with Gasteiger partial charge < -0.3 is 10.6 Å². The van der Waals surface area contributed by atoms with Crippen molar-refractivity contribution in [3.63, 3.8) is 0 Å². The van der Waals surface area contributed by atoms with Crippen LogP contribution in [-0.2, 0) is 0 Å². The molecule has 1 aromatic carbocycles. The van der Waals surface area contributed by atoms with E-state index in [1.807, 2.05) is 6.92 Å². The van der Waals surface area contributed by atoms with Crippen LogP contribution in [0.3, 0.4) is 0 Å². The van der Waals surface area contributed by atoms with Crippen molar-refractivity contribution in [1.29, 1.82) is 0 Å². The fourth-order valence-corrected chi connectivity index (χ4v) is 3.02. The molecule has 0 spiro atoms. The van der Waals surface area contributed by atoms with Crippen LogP contribution in [0.1, 0.15) is 37.8 Å². The van der Waals surface area contributed by atoms with Gasteiger partial charge in [-0.15, -0.1) is 0 Å². The molecule has 0 radical (unpaired) electrons. The van der Waals surface area contributed by atoms with Crippen molar-refractivity contribution < 1.29 is 0 Å². The minimum atomic E-state index is 0.0790. The summed E-state index contributed by atoms with van der Waals surface area (Å²) in [7, 11) is 2.17. The Balaban J connectivity index is 2.07. The molecule has 94 valence electrons. The molecule has 1 saturated carbocycles. The Morgan fingerprint density at radius 2 is 2.18 bits per heavy atom. The number of nitrogens with two attached hydrogens (primary N) is 1. The minimum absolute atomic E-state index is 0.0790. The Labute approximate surface area is 112 Å². The highest BCUT2D eigenvalue weighted by atomic mass is 79.9. The molecule has 1 aromatic rings. The number of nitrogens with zero attached hydrogens (tertiary/aromatic N) is 1. The van der Waals surface area contributed by atoms with Gasteiger partial charge in [-0.3, -0.25) is 0 Å². The summed E-state index contributed by atoms with van der Waals surface area (Å²) in [6.07, 6.45) is 4.19. The lowest BCUT2D eigenvalue weighted by Gasteiger charge is -2.31. The number of rotatable bonds is 4.